The van der Waals surface area contributed by atoms with Crippen molar-refractivity contribution in [1.29, 1.82) is 0 Å². The molecule has 0 aliphatic carbocycles. The van der Waals surface area contributed by atoms with Crippen molar-refractivity contribution in [2.75, 3.05) is 19.1 Å². The molecule has 6 nitrogen and oxygen atoms in total. The summed E-state index contributed by atoms with van der Waals surface area (Å²) in [5.41, 5.74) is 1.65. The van der Waals surface area contributed by atoms with Gasteiger partial charge in [-0.25, -0.2) is 18.1 Å². The van der Waals surface area contributed by atoms with Gasteiger partial charge < -0.3 is 4.74 Å². The number of hydrogen-bond donors (Lipinski definition) is 0. The van der Waals surface area contributed by atoms with Crippen molar-refractivity contribution in [3.63, 3.8) is 0 Å². The summed E-state index contributed by atoms with van der Waals surface area (Å²) in [7, 11) is -1.61. The third kappa shape index (κ3) is 3.91. The lowest BCUT2D eigenvalue weighted by atomic mass is 10.2. The van der Waals surface area contributed by atoms with E-state index in [1.54, 1.807) is 47.8 Å². The van der Waals surface area contributed by atoms with Crippen LogP contribution in [0.1, 0.15) is 6.92 Å². The van der Waals surface area contributed by atoms with Gasteiger partial charge in [-0.3, -0.25) is 0 Å². The first-order valence-corrected chi connectivity index (χ1v) is 10.8. The van der Waals surface area contributed by atoms with E-state index in [2.05, 4.69) is 10.1 Å². The molecular weight excluding hydrogens is 370 g/mol. The number of rotatable bonds is 6. The van der Waals surface area contributed by atoms with Gasteiger partial charge in [-0.2, -0.15) is 0 Å². The predicted octanol–water partition coefficient (Wildman–Crippen LogP) is 3.46. The van der Waals surface area contributed by atoms with Crippen LogP contribution in [0, 0.1) is 0 Å². The lowest BCUT2D eigenvalue weighted by Gasteiger charge is -2.05. The zero-order chi connectivity index (χ0) is 18.7. The standard InChI is InChI=1S/C18H19N3O3S2/c1-4-25-18-19-17(13-5-9-15(24-2)10-6-13)20-21(18)14-7-11-16(12-8-14)26(3,22)23/h5-12H,4H2,1-3H3. The van der Waals surface area contributed by atoms with Gasteiger partial charge >= 0.3 is 0 Å². The van der Waals surface area contributed by atoms with Crippen molar-refractivity contribution in [2.24, 2.45) is 0 Å². The molecule has 0 unspecified atom stereocenters. The van der Waals surface area contributed by atoms with Crippen LogP contribution in [-0.4, -0.2) is 42.3 Å². The van der Waals surface area contributed by atoms with Crippen molar-refractivity contribution >= 4 is 21.6 Å². The van der Waals surface area contributed by atoms with Crippen LogP contribution in [0.4, 0.5) is 0 Å². The lowest BCUT2D eigenvalue weighted by Crippen LogP contribution is -2.01. The van der Waals surface area contributed by atoms with Gasteiger partial charge in [0.15, 0.2) is 20.8 Å². The van der Waals surface area contributed by atoms with Gasteiger partial charge in [0, 0.05) is 11.8 Å². The summed E-state index contributed by atoms with van der Waals surface area (Å²) in [5.74, 6) is 2.23. The molecule has 0 saturated carbocycles. The van der Waals surface area contributed by atoms with E-state index in [4.69, 9.17) is 4.74 Å². The third-order valence-corrected chi connectivity index (χ3v) is 5.65. The normalized spacial score (nSPS) is 11.5. The summed E-state index contributed by atoms with van der Waals surface area (Å²) in [6, 6.07) is 14.2. The highest BCUT2D eigenvalue weighted by molar-refractivity contribution is 7.99. The van der Waals surface area contributed by atoms with Crippen molar-refractivity contribution in [3.05, 3.63) is 48.5 Å². The summed E-state index contributed by atoms with van der Waals surface area (Å²) < 4.78 is 30.2. The Bertz CT molecular complexity index is 995. The number of hydrogen-bond acceptors (Lipinski definition) is 6. The fourth-order valence-corrected chi connectivity index (χ4v) is 3.69. The number of thioether (sulfide) groups is 1. The van der Waals surface area contributed by atoms with Crippen molar-refractivity contribution in [1.82, 2.24) is 14.8 Å². The molecule has 3 rings (SSSR count). The molecule has 0 amide bonds. The monoisotopic (exact) mass is 389 g/mol. The second-order valence-corrected chi connectivity index (χ2v) is 8.80. The highest BCUT2D eigenvalue weighted by Gasteiger charge is 2.14. The topological polar surface area (TPSA) is 74.1 Å². The maximum atomic E-state index is 11.6. The van der Waals surface area contributed by atoms with Gasteiger partial charge in [-0.15, -0.1) is 5.10 Å². The predicted molar refractivity (Wildman–Crippen MR) is 103 cm³/mol. The Balaban J connectivity index is 2.01. The Hall–Kier alpha value is -2.32. The van der Waals surface area contributed by atoms with Crippen LogP contribution >= 0.6 is 11.8 Å². The number of nitrogens with zero attached hydrogens (tertiary/aromatic N) is 3. The molecule has 0 N–H and O–H groups in total. The quantitative estimate of drug-likeness (QED) is 0.601. The van der Waals surface area contributed by atoms with Crippen LogP contribution in [0.25, 0.3) is 17.1 Å². The average Bonchev–Trinajstić information content (AvgIpc) is 3.05. The van der Waals surface area contributed by atoms with Gasteiger partial charge in [-0.1, -0.05) is 18.7 Å². The fourth-order valence-electron chi connectivity index (χ4n) is 2.39. The van der Waals surface area contributed by atoms with Gasteiger partial charge in [-0.05, 0) is 54.3 Å². The van der Waals surface area contributed by atoms with Gasteiger partial charge in [0.05, 0.1) is 17.7 Å². The van der Waals surface area contributed by atoms with E-state index in [0.717, 1.165) is 27.9 Å². The number of benzene rings is 2. The maximum absolute atomic E-state index is 11.6. The molecule has 8 heteroatoms. The molecule has 0 spiro atoms. The third-order valence-electron chi connectivity index (χ3n) is 3.71. The van der Waals surface area contributed by atoms with E-state index in [9.17, 15) is 8.42 Å². The lowest BCUT2D eigenvalue weighted by molar-refractivity contribution is 0.415. The minimum atomic E-state index is -3.23. The van der Waals surface area contributed by atoms with E-state index < -0.39 is 9.84 Å². The molecule has 3 aromatic rings. The molecule has 0 fully saturated rings. The molecule has 136 valence electrons. The SMILES string of the molecule is CCSc1nc(-c2ccc(OC)cc2)nn1-c1ccc(S(C)(=O)=O)cc1. The summed E-state index contributed by atoms with van der Waals surface area (Å²) >= 11 is 1.58. The molecule has 1 heterocycles. The largest absolute Gasteiger partial charge is 0.497 e. The molecule has 0 bridgehead atoms. The molecular formula is C18H19N3O3S2. The average molecular weight is 390 g/mol. The number of methoxy groups -OCH3 is 1. The molecule has 26 heavy (non-hydrogen) atoms. The minimum Gasteiger partial charge on any atom is -0.497 e. The van der Waals surface area contributed by atoms with Gasteiger partial charge in [0.2, 0.25) is 0 Å². The summed E-state index contributed by atoms with van der Waals surface area (Å²) in [6.45, 7) is 2.05. The first-order valence-electron chi connectivity index (χ1n) is 7.97. The second-order valence-electron chi connectivity index (χ2n) is 5.56. The highest BCUT2D eigenvalue weighted by atomic mass is 32.2. The van der Waals surface area contributed by atoms with Gasteiger partial charge in [0.1, 0.15) is 5.75 Å². The van der Waals surface area contributed by atoms with Crippen LogP contribution in [-0.2, 0) is 9.84 Å². The fraction of sp³-hybridized carbons (Fsp3) is 0.222. The van der Waals surface area contributed by atoms with Crippen molar-refractivity contribution in [3.8, 4) is 22.8 Å². The molecule has 0 aliphatic heterocycles. The van der Waals surface area contributed by atoms with E-state index in [1.165, 1.54) is 6.26 Å². The van der Waals surface area contributed by atoms with Crippen LogP contribution in [0.2, 0.25) is 0 Å². The number of sulfone groups is 1. The Morgan fingerprint density at radius 1 is 1.08 bits per heavy atom. The first-order chi connectivity index (χ1) is 12.4. The van der Waals surface area contributed by atoms with Crippen LogP contribution in [0.3, 0.4) is 0 Å². The number of ether oxygens (including phenoxy) is 1. The van der Waals surface area contributed by atoms with E-state index in [1.807, 2.05) is 31.2 Å². The van der Waals surface area contributed by atoms with Crippen LogP contribution in [0.15, 0.2) is 58.6 Å². The zero-order valence-electron chi connectivity index (χ0n) is 14.7. The molecule has 0 aliphatic rings. The Morgan fingerprint density at radius 3 is 2.27 bits per heavy atom. The molecule has 1 aromatic heterocycles. The highest BCUT2D eigenvalue weighted by Crippen LogP contribution is 2.26. The van der Waals surface area contributed by atoms with E-state index in [0.29, 0.717) is 5.82 Å². The number of aromatic nitrogens is 3. The van der Waals surface area contributed by atoms with Crippen LogP contribution < -0.4 is 4.74 Å². The molecule has 0 atom stereocenters. The molecule has 0 saturated heterocycles. The zero-order valence-corrected chi connectivity index (χ0v) is 16.3. The summed E-state index contributed by atoms with van der Waals surface area (Å²) in [4.78, 5) is 4.91. The smallest absolute Gasteiger partial charge is 0.191 e. The first kappa shape index (κ1) is 18.5. The Kier molecular flexibility index (Phi) is 5.33. The van der Waals surface area contributed by atoms with Crippen molar-refractivity contribution in [2.45, 2.75) is 17.0 Å². The van der Waals surface area contributed by atoms with Gasteiger partial charge in [0.25, 0.3) is 0 Å². The molecule has 0 radical (unpaired) electrons. The summed E-state index contributed by atoms with van der Waals surface area (Å²) in [5, 5.41) is 5.37. The Labute approximate surface area is 157 Å². The minimum absolute atomic E-state index is 0.279. The van der Waals surface area contributed by atoms with E-state index in [-0.39, 0.29) is 4.90 Å². The second kappa shape index (κ2) is 7.51. The maximum Gasteiger partial charge on any atom is 0.191 e. The molecule has 2 aromatic carbocycles. The summed E-state index contributed by atoms with van der Waals surface area (Å²) in [6.07, 6.45) is 1.19. The Morgan fingerprint density at radius 2 is 1.73 bits per heavy atom. The van der Waals surface area contributed by atoms with E-state index >= 15 is 0 Å². The van der Waals surface area contributed by atoms with Crippen molar-refractivity contribution < 1.29 is 13.2 Å². The van der Waals surface area contributed by atoms with Crippen LogP contribution in [0.5, 0.6) is 5.75 Å².